The molecule has 0 fully saturated rings. The maximum Gasteiger partial charge on any atom is 0.120 e. The second-order valence-corrected chi connectivity index (χ2v) is 6.45. The van der Waals surface area contributed by atoms with E-state index in [0.29, 0.717) is 18.2 Å². The molecule has 0 saturated heterocycles. The second-order valence-electron chi connectivity index (χ2n) is 5.64. The molecule has 3 aromatic carbocycles. The molecule has 0 radical (unpaired) electrons. The van der Waals surface area contributed by atoms with Gasteiger partial charge in [-0.2, -0.15) is 5.10 Å². The minimum absolute atomic E-state index is 0.422. The first-order valence-corrected chi connectivity index (χ1v) is 8.93. The Bertz CT molecular complexity index is 896. The van der Waals surface area contributed by atoms with Crippen LogP contribution in [0.15, 0.2) is 77.9 Å². The van der Waals surface area contributed by atoms with E-state index in [0.717, 1.165) is 27.5 Å². The van der Waals surface area contributed by atoms with E-state index in [2.05, 4.69) is 10.5 Å². The Kier molecular flexibility index (Phi) is 6.53. The summed E-state index contributed by atoms with van der Waals surface area (Å²) in [6.07, 6.45) is 1.75. The highest BCUT2D eigenvalue weighted by atomic mass is 35.5. The highest BCUT2D eigenvalue weighted by Gasteiger charge is 2.01. The van der Waals surface area contributed by atoms with Gasteiger partial charge in [-0.3, -0.25) is 0 Å². The van der Waals surface area contributed by atoms with Gasteiger partial charge in [-0.15, -0.1) is 0 Å². The monoisotopic (exact) mass is 384 g/mol. The van der Waals surface area contributed by atoms with Crippen molar-refractivity contribution in [1.82, 2.24) is 5.43 Å². The molecule has 0 atom stereocenters. The zero-order valence-corrected chi connectivity index (χ0v) is 15.5. The molecule has 0 spiro atoms. The molecule has 0 aromatic heterocycles. The minimum Gasteiger partial charge on any atom is -0.489 e. The van der Waals surface area contributed by atoms with E-state index in [1.165, 1.54) is 0 Å². The predicted molar refractivity (Wildman–Crippen MR) is 108 cm³/mol. The summed E-state index contributed by atoms with van der Waals surface area (Å²) in [5.41, 5.74) is 5.90. The predicted octanol–water partition coefficient (Wildman–Crippen LogP) is 5.70. The van der Waals surface area contributed by atoms with Gasteiger partial charge in [-0.1, -0.05) is 71.7 Å². The van der Waals surface area contributed by atoms with Crippen molar-refractivity contribution in [3.63, 3.8) is 0 Å². The van der Waals surface area contributed by atoms with E-state index >= 15 is 0 Å². The zero-order valence-electron chi connectivity index (χ0n) is 14.0. The Hall–Kier alpha value is -2.49. The summed E-state index contributed by atoms with van der Waals surface area (Å²) < 4.78 is 5.82. The summed E-state index contributed by atoms with van der Waals surface area (Å²) >= 11 is 12.3. The van der Waals surface area contributed by atoms with Crippen LogP contribution in [0.2, 0.25) is 10.0 Å². The Balaban J connectivity index is 1.55. The fraction of sp³-hybridized carbons (Fsp3) is 0.0952. The molecule has 132 valence electrons. The summed E-state index contributed by atoms with van der Waals surface area (Å²) in [6.45, 7) is 0.990. The van der Waals surface area contributed by atoms with Crippen LogP contribution >= 0.6 is 23.2 Å². The van der Waals surface area contributed by atoms with Crippen molar-refractivity contribution < 1.29 is 4.74 Å². The van der Waals surface area contributed by atoms with Gasteiger partial charge in [-0.25, -0.2) is 0 Å². The molecule has 0 heterocycles. The third-order valence-corrected chi connectivity index (χ3v) is 4.48. The summed E-state index contributed by atoms with van der Waals surface area (Å²) in [7, 11) is 0. The van der Waals surface area contributed by atoms with Crippen molar-refractivity contribution in [3.05, 3.63) is 99.5 Å². The maximum absolute atomic E-state index is 6.15. The SMILES string of the molecule is Clc1ccccc1CN/N=C\c1cccc(OCc2ccccc2Cl)c1. The number of rotatable bonds is 7. The van der Waals surface area contributed by atoms with E-state index < -0.39 is 0 Å². The average Bonchev–Trinajstić information content (AvgIpc) is 2.66. The van der Waals surface area contributed by atoms with Crippen molar-refractivity contribution in [3.8, 4) is 5.75 Å². The number of benzene rings is 3. The fourth-order valence-corrected chi connectivity index (χ4v) is 2.75. The summed E-state index contributed by atoms with van der Waals surface area (Å²) in [4.78, 5) is 0. The molecule has 0 aliphatic carbocycles. The van der Waals surface area contributed by atoms with Crippen LogP contribution in [-0.4, -0.2) is 6.21 Å². The van der Waals surface area contributed by atoms with Crippen LogP contribution in [0.1, 0.15) is 16.7 Å². The Morgan fingerprint density at radius 3 is 2.27 bits per heavy atom. The van der Waals surface area contributed by atoms with Gasteiger partial charge in [0.1, 0.15) is 12.4 Å². The van der Waals surface area contributed by atoms with Crippen molar-refractivity contribution in [1.29, 1.82) is 0 Å². The number of hydrogen-bond acceptors (Lipinski definition) is 3. The number of ether oxygens (including phenoxy) is 1. The first kappa shape index (κ1) is 18.3. The molecule has 0 amide bonds. The quantitative estimate of drug-likeness (QED) is 0.418. The smallest absolute Gasteiger partial charge is 0.120 e. The summed E-state index contributed by atoms with van der Waals surface area (Å²) in [6, 6.07) is 23.1. The molecule has 0 bridgehead atoms. The lowest BCUT2D eigenvalue weighted by Crippen LogP contribution is -2.06. The first-order chi connectivity index (χ1) is 12.7. The minimum atomic E-state index is 0.422. The molecular weight excluding hydrogens is 367 g/mol. The molecule has 0 aliphatic heterocycles. The molecule has 5 heteroatoms. The van der Waals surface area contributed by atoms with E-state index in [4.69, 9.17) is 27.9 Å². The first-order valence-electron chi connectivity index (χ1n) is 8.18. The van der Waals surface area contributed by atoms with Crippen molar-refractivity contribution in [2.45, 2.75) is 13.2 Å². The molecule has 0 unspecified atom stereocenters. The molecule has 26 heavy (non-hydrogen) atoms. The van der Waals surface area contributed by atoms with E-state index in [1.54, 1.807) is 6.21 Å². The molecule has 3 aromatic rings. The van der Waals surface area contributed by atoms with Crippen LogP contribution < -0.4 is 10.2 Å². The van der Waals surface area contributed by atoms with Crippen LogP contribution in [-0.2, 0) is 13.2 Å². The van der Waals surface area contributed by atoms with Gasteiger partial charge < -0.3 is 10.2 Å². The van der Waals surface area contributed by atoms with Crippen LogP contribution in [0.5, 0.6) is 5.75 Å². The van der Waals surface area contributed by atoms with E-state index in [9.17, 15) is 0 Å². The second kappa shape index (κ2) is 9.27. The number of halogens is 2. The van der Waals surface area contributed by atoms with Gasteiger partial charge in [0.05, 0.1) is 12.8 Å². The fourth-order valence-electron chi connectivity index (χ4n) is 2.35. The lowest BCUT2D eigenvalue weighted by molar-refractivity contribution is 0.306. The molecule has 1 N–H and O–H groups in total. The zero-order chi connectivity index (χ0) is 18.2. The van der Waals surface area contributed by atoms with E-state index in [1.807, 2.05) is 72.8 Å². The third-order valence-electron chi connectivity index (χ3n) is 3.74. The van der Waals surface area contributed by atoms with Gasteiger partial charge in [0.25, 0.3) is 0 Å². The van der Waals surface area contributed by atoms with Crippen LogP contribution in [0, 0.1) is 0 Å². The lowest BCUT2D eigenvalue weighted by atomic mass is 10.2. The Morgan fingerprint density at radius 1 is 0.846 bits per heavy atom. The average molecular weight is 385 g/mol. The third kappa shape index (κ3) is 5.25. The molecule has 0 saturated carbocycles. The van der Waals surface area contributed by atoms with Crippen molar-refractivity contribution >= 4 is 29.4 Å². The normalized spacial score (nSPS) is 10.8. The highest BCUT2D eigenvalue weighted by Crippen LogP contribution is 2.19. The summed E-state index contributed by atoms with van der Waals surface area (Å²) in [5.74, 6) is 0.764. The number of nitrogens with one attached hydrogen (secondary N) is 1. The van der Waals surface area contributed by atoms with Gasteiger partial charge in [-0.05, 0) is 35.4 Å². The van der Waals surface area contributed by atoms with Crippen LogP contribution in [0.4, 0.5) is 0 Å². The maximum atomic E-state index is 6.15. The Labute approximate surface area is 163 Å². The topological polar surface area (TPSA) is 33.6 Å². The summed E-state index contributed by atoms with van der Waals surface area (Å²) in [5, 5.41) is 5.67. The van der Waals surface area contributed by atoms with Crippen molar-refractivity contribution in [2.75, 3.05) is 0 Å². The standard InChI is InChI=1S/C21H18Cl2N2O/c22-20-10-3-1-7-17(20)14-25-24-13-16-6-5-9-19(12-16)26-15-18-8-2-4-11-21(18)23/h1-13,25H,14-15H2/b24-13-. The van der Waals surface area contributed by atoms with Gasteiger partial charge in [0.15, 0.2) is 0 Å². The largest absolute Gasteiger partial charge is 0.489 e. The number of hydrogen-bond donors (Lipinski definition) is 1. The molecule has 0 aliphatic rings. The highest BCUT2D eigenvalue weighted by molar-refractivity contribution is 6.31. The Morgan fingerprint density at radius 2 is 1.54 bits per heavy atom. The lowest BCUT2D eigenvalue weighted by Gasteiger charge is -2.08. The molecular formula is C21H18Cl2N2O. The van der Waals surface area contributed by atoms with Gasteiger partial charge >= 0.3 is 0 Å². The van der Waals surface area contributed by atoms with E-state index in [-0.39, 0.29) is 0 Å². The van der Waals surface area contributed by atoms with Crippen LogP contribution in [0.25, 0.3) is 0 Å². The van der Waals surface area contributed by atoms with Crippen molar-refractivity contribution in [2.24, 2.45) is 5.10 Å². The van der Waals surface area contributed by atoms with Gasteiger partial charge in [0.2, 0.25) is 0 Å². The number of nitrogens with zero attached hydrogens (tertiary/aromatic N) is 1. The molecule has 3 rings (SSSR count). The molecule has 3 nitrogen and oxygen atoms in total. The van der Waals surface area contributed by atoms with Gasteiger partial charge in [0, 0.05) is 15.6 Å². The van der Waals surface area contributed by atoms with Crippen LogP contribution in [0.3, 0.4) is 0 Å². The number of hydrazone groups is 1.